The first-order chi connectivity index (χ1) is 27.4. The number of rotatable bonds is 7. The van der Waals surface area contributed by atoms with Crippen molar-refractivity contribution in [1.29, 1.82) is 0 Å². The third kappa shape index (κ3) is 6.10. The Hall–Kier alpha value is -5.95. The predicted octanol–water partition coefficient (Wildman–Crippen LogP) is 13.4. The van der Waals surface area contributed by atoms with E-state index >= 15 is 0 Å². The zero-order valence-electron chi connectivity index (χ0n) is 31.7. The lowest BCUT2D eigenvalue weighted by molar-refractivity contribution is 0.661. The summed E-state index contributed by atoms with van der Waals surface area (Å²) in [7, 11) is 0. The molecule has 1 aromatic heterocycles. The van der Waals surface area contributed by atoms with Crippen LogP contribution in [0.3, 0.4) is 0 Å². The van der Waals surface area contributed by atoms with E-state index in [9.17, 15) is 0 Å². The van der Waals surface area contributed by atoms with Crippen LogP contribution in [0.15, 0.2) is 198 Å². The molecule has 272 valence electrons. The van der Waals surface area contributed by atoms with Gasteiger partial charge >= 0.3 is 0 Å². The van der Waals surface area contributed by atoms with Crippen LogP contribution in [0.25, 0.3) is 38.6 Å². The lowest BCUT2D eigenvalue weighted by Gasteiger charge is -2.21. The molecule has 0 amide bonds. The first-order valence-corrected chi connectivity index (χ1v) is 20.4. The molecular formula is C50H40N4S2. The van der Waals surface area contributed by atoms with Crippen molar-refractivity contribution < 1.29 is 0 Å². The molecule has 0 saturated carbocycles. The minimum Gasteiger partial charge on any atom is -0.308 e. The first-order valence-electron chi connectivity index (χ1n) is 18.8. The maximum Gasteiger partial charge on any atom is 0.160 e. The van der Waals surface area contributed by atoms with Crippen LogP contribution in [-0.2, 0) is 12.0 Å². The molecule has 7 aromatic rings. The van der Waals surface area contributed by atoms with Gasteiger partial charge in [0.25, 0.3) is 0 Å². The Labute approximate surface area is 336 Å². The van der Waals surface area contributed by atoms with Gasteiger partial charge in [-0.05, 0) is 83.9 Å². The standard InChI is InChI=1S/C50H40N4S2/c1-6-8-19-33(7-2)48(51-5)53-49(52-31-32-17-10-9-11-18-32)34-20-16-21-35(28-34)54-42-30-38-36-22-12-13-23-40(36)50(3,4)41(38)29-39(42)37-26-27-45-47(46(37)54)56-44-25-15-14-24-43(44)55-45/h6-30H,2,5,31H2,1,3-4H3/b8-6-,33-19+,52-49?,53-48?. The lowest BCUT2D eigenvalue weighted by Crippen LogP contribution is -2.14. The second-order valence-corrected chi connectivity index (χ2v) is 16.6. The van der Waals surface area contributed by atoms with E-state index in [4.69, 9.17) is 9.98 Å². The molecule has 56 heavy (non-hydrogen) atoms. The highest BCUT2D eigenvalue weighted by molar-refractivity contribution is 8.05. The number of aliphatic imine (C=N–C) groups is 3. The Bertz CT molecular complexity index is 2850. The fourth-order valence-corrected chi connectivity index (χ4v) is 10.4. The summed E-state index contributed by atoms with van der Waals surface area (Å²) in [5.41, 5.74) is 11.4. The summed E-state index contributed by atoms with van der Waals surface area (Å²) in [6, 6.07) is 46.0. The number of hydrogen-bond donors (Lipinski definition) is 0. The van der Waals surface area contributed by atoms with E-state index in [1.54, 1.807) is 6.08 Å². The molecular weight excluding hydrogens is 721 g/mol. The number of aromatic nitrogens is 1. The van der Waals surface area contributed by atoms with Gasteiger partial charge in [0.05, 0.1) is 22.5 Å². The third-order valence-electron chi connectivity index (χ3n) is 10.8. The van der Waals surface area contributed by atoms with Crippen LogP contribution in [-0.4, -0.2) is 23.0 Å². The minimum atomic E-state index is -0.114. The van der Waals surface area contributed by atoms with Crippen molar-refractivity contribution in [2.75, 3.05) is 0 Å². The van der Waals surface area contributed by atoms with Crippen molar-refractivity contribution >= 4 is 63.7 Å². The Morgan fingerprint density at radius 3 is 2.30 bits per heavy atom. The average molecular weight is 761 g/mol. The van der Waals surface area contributed by atoms with Crippen LogP contribution < -0.4 is 0 Å². The van der Waals surface area contributed by atoms with Crippen molar-refractivity contribution in [2.45, 2.75) is 52.3 Å². The van der Waals surface area contributed by atoms with Crippen molar-refractivity contribution in [3.8, 4) is 16.8 Å². The molecule has 0 unspecified atom stereocenters. The van der Waals surface area contributed by atoms with Gasteiger partial charge in [-0.1, -0.05) is 153 Å². The number of benzene rings is 6. The molecule has 6 heteroatoms. The van der Waals surface area contributed by atoms with Crippen molar-refractivity contribution in [1.82, 2.24) is 4.57 Å². The van der Waals surface area contributed by atoms with Gasteiger partial charge in [0.15, 0.2) is 11.7 Å². The molecule has 0 saturated heterocycles. The SMILES string of the molecule is C=C/C(=C\C=C/C)C(N=C)=NC(=NCc1ccccc1)c1cccc(-n2c3cc4c(cc3c3ccc5c(c32)Sc2ccccc2S5)C(C)(C)c2ccccc2-4)c1. The van der Waals surface area contributed by atoms with Gasteiger partial charge < -0.3 is 4.57 Å². The normalized spacial score (nSPS) is 14.8. The molecule has 0 spiro atoms. The summed E-state index contributed by atoms with van der Waals surface area (Å²) in [5, 5.41) is 2.49. The monoisotopic (exact) mass is 760 g/mol. The summed E-state index contributed by atoms with van der Waals surface area (Å²) in [6.45, 7) is 15.1. The van der Waals surface area contributed by atoms with Gasteiger partial charge in [0.2, 0.25) is 0 Å². The fourth-order valence-electron chi connectivity index (χ4n) is 7.99. The fraction of sp³-hybridized carbons (Fsp3) is 0.100. The van der Waals surface area contributed by atoms with Crippen LogP contribution in [0.2, 0.25) is 0 Å². The predicted molar refractivity (Wildman–Crippen MR) is 240 cm³/mol. The van der Waals surface area contributed by atoms with Crippen LogP contribution in [0.1, 0.15) is 43.0 Å². The Kier molecular flexibility index (Phi) is 9.32. The molecule has 0 bridgehead atoms. The highest BCUT2D eigenvalue weighted by Gasteiger charge is 2.36. The van der Waals surface area contributed by atoms with Crippen LogP contribution in [0, 0.1) is 0 Å². The van der Waals surface area contributed by atoms with E-state index in [1.807, 2.05) is 66.9 Å². The molecule has 9 rings (SSSR count). The van der Waals surface area contributed by atoms with Crippen LogP contribution >= 0.6 is 23.5 Å². The summed E-state index contributed by atoms with van der Waals surface area (Å²) < 4.78 is 2.47. The van der Waals surface area contributed by atoms with Gasteiger partial charge in [0, 0.05) is 47.7 Å². The molecule has 4 nitrogen and oxygen atoms in total. The summed E-state index contributed by atoms with van der Waals surface area (Å²) in [4.78, 5) is 19.7. The number of nitrogens with zero attached hydrogens (tertiary/aromatic N) is 4. The molecule has 0 radical (unpaired) electrons. The van der Waals surface area contributed by atoms with Crippen LogP contribution in [0.4, 0.5) is 0 Å². The summed E-state index contributed by atoms with van der Waals surface area (Å²) in [5.74, 6) is 1.04. The number of hydrogen-bond acceptors (Lipinski definition) is 3. The summed E-state index contributed by atoms with van der Waals surface area (Å²) >= 11 is 3.71. The maximum absolute atomic E-state index is 5.12. The first kappa shape index (κ1) is 35.7. The molecule has 1 aliphatic carbocycles. The van der Waals surface area contributed by atoms with Crippen molar-refractivity contribution in [3.63, 3.8) is 0 Å². The number of fused-ring (bicyclic) bond motifs is 9. The zero-order valence-corrected chi connectivity index (χ0v) is 33.3. The average Bonchev–Trinajstić information content (AvgIpc) is 3.68. The Balaban J connectivity index is 1.30. The number of amidine groups is 2. The van der Waals surface area contributed by atoms with Gasteiger partial charge in [-0.2, -0.15) is 0 Å². The zero-order chi connectivity index (χ0) is 38.4. The van der Waals surface area contributed by atoms with E-state index in [2.05, 4.69) is 146 Å². The highest BCUT2D eigenvalue weighted by atomic mass is 32.2. The van der Waals surface area contributed by atoms with Gasteiger partial charge in [-0.3, -0.25) is 4.99 Å². The summed E-state index contributed by atoms with van der Waals surface area (Å²) in [6.07, 6.45) is 7.62. The smallest absolute Gasteiger partial charge is 0.160 e. The van der Waals surface area contributed by atoms with Crippen molar-refractivity contribution in [2.24, 2.45) is 15.0 Å². The van der Waals surface area contributed by atoms with Crippen molar-refractivity contribution in [3.05, 3.63) is 186 Å². The lowest BCUT2D eigenvalue weighted by atomic mass is 9.82. The van der Waals surface area contributed by atoms with E-state index in [1.165, 1.54) is 63.6 Å². The molecule has 1 aliphatic heterocycles. The Morgan fingerprint density at radius 2 is 1.52 bits per heavy atom. The highest BCUT2D eigenvalue weighted by Crippen LogP contribution is 2.55. The molecule has 0 fully saturated rings. The molecule has 2 aliphatic rings. The van der Waals surface area contributed by atoms with E-state index < -0.39 is 0 Å². The minimum absolute atomic E-state index is 0.114. The second-order valence-electron chi connectivity index (χ2n) is 14.5. The second kappa shape index (κ2) is 14.6. The molecule has 6 aromatic carbocycles. The van der Waals surface area contributed by atoms with Gasteiger partial charge in [-0.15, -0.1) is 0 Å². The third-order valence-corrected chi connectivity index (χ3v) is 13.3. The van der Waals surface area contributed by atoms with E-state index in [-0.39, 0.29) is 5.41 Å². The molecule has 0 atom stereocenters. The van der Waals surface area contributed by atoms with E-state index in [0.29, 0.717) is 18.2 Å². The maximum atomic E-state index is 5.12. The number of allylic oxidation sites excluding steroid dienone is 3. The molecule has 0 N–H and O–H groups in total. The van der Waals surface area contributed by atoms with E-state index in [0.717, 1.165) is 22.4 Å². The van der Waals surface area contributed by atoms with Crippen LogP contribution in [0.5, 0.6) is 0 Å². The Morgan fingerprint density at radius 1 is 0.750 bits per heavy atom. The largest absolute Gasteiger partial charge is 0.308 e. The van der Waals surface area contributed by atoms with Gasteiger partial charge in [-0.25, -0.2) is 9.98 Å². The molecule has 2 heterocycles. The topological polar surface area (TPSA) is 42.0 Å². The quantitative estimate of drug-likeness (QED) is 0.0922. The van der Waals surface area contributed by atoms with Gasteiger partial charge in [0.1, 0.15) is 0 Å².